The monoisotopic (exact) mass is 426 g/mol. The van der Waals surface area contributed by atoms with Gasteiger partial charge in [-0.15, -0.1) is 0 Å². The number of halogens is 5. The topological polar surface area (TPSA) is 0 Å². The largest absolute Gasteiger partial charge is 0.310 e. The zero-order chi connectivity index (χ0) is 20.7. The maximum Gasteiger partial charge on any atom is 0.310 e. The van der Waals surface area contributed by atoms with Crippen LogP contribution in [0, 0.1) is 11.8 Å². The highest BCUT2D eigenvalue weighted by atomic mass is 32.5. The standard InChI is InChI=1S/C22H35F5S/c1-2-3-4-5-6-7-8-19-9-11-20(12-10-19)13-14-21-15-17-22(18-16-21)28(23,24,25,26)27/h15-20H,2-14H2,1H3/t19-,20-. The lowest BCUT2D eigenvalue weighted by Gasteiger charge is -2.40. The van der Waals surface area contributed by atoms with Crippen LogP contribution in [0.25, 0.3) is 0 Å². The average Bonchev–Trinajstić information content (AvgIpc) is 2.62. The molecule has 0 heterocycles. The molecule has 1 aromatic carbocycles. The van der Waals surface area contributed by atoms with E-state index in [0.717, 1.165) is 12.3 Å². The molecule has 1 aliphatic rings. The highest BCUT2D eigenvalue weighted by Crippen LogP contribution is 3.02. The van der Waals surface area contributed by atoms with E-state index in [1.165, 1.54) is 82.8 Å². The predicted octanol–water partition coefficient (Wildman–Crippen LogP) is 9.83. The van der Waals surface area contributed by atoms with E-state index in [0.29, 0.717) is 30.0 Å². The molecule has 0 N–H and O–H groups in total. The summed E-state index contributed by atoms with van der Waals surface area (Å²) in [4.78, 5) is -1.79. The van der Waals surface area contributed by atoms with Gasteiger partial charge in [-0.2, -0.15) is 0 Å². The van der Waals surface area contributed by atoms with Crippen molar-refractivity contribution < 1.29 is 19.4 Å². The molecule has 164 valence electrons. The molecule has 1 aliphatic carbocycles. The molecule has 0 amide bonds. The summed E-state index contributed by atoms with van der Waals surface area (Å²) in [6.07, 6.45) is 15.8. The molecule has 1 saturated carbocycles. The number of unbranched alkanes of at least 4 members (excludes halogenated alkanes) is 5. The maximum atomic E-state index is 12.8. The average molecular weight is 427 g/mol. The molecule has 0 radical (unpaired) electrons. The minimum Gasteiger partial charge on any atom is -0.0936 e. The van der Waals surface area contributed by atoms with Gasteiger partial charge in [-0.05, 0) is 42.4 Å². The van der Waals surface area contributed by atoms with Crippen molar-refractivity contribution in [3.05, 3.63) is 29.8 Å². The van der Waals surface area contributed by atoms with Gasteiger partial charge >= 0.3 is 10.2 Å². The van der Waals surface area contributed by atoms with E-state index in [-0.39, 0.29) is 0 Å². The minimum atomic E-state index is -9.55. The Hall–Kier alpha value is -0.780. The Balaban J connectivity index is 1.66. The number of rotatable bonds is 11. The Bertz CT molecular complexity index is 585. The van der Waals surface area contributed by atoms with E-state index in [4.69, 9.17) is 0 Å². The number of hydrogen-bond donors (Lipinski definition) is 0. The zero-order valence-electron chi connectivity index (χ0n) is 17.0. The minimum absolute atomic E-state index is 0.536. The fourth-order valence-electron chi connectivity index (χ4n) is 4.31. The number of aryl methyl sites for hydroxylation is 1. The molecule has 0 aliphatic heterocycles. The van der Waals surface area contributed by atoms with Gasteiger partial charge in [0.25, 0.3) is 0 Å². The van der Waals surface area contributed by atoms with Crippen molar-refractivity contribution in [1.82, 2.24) is 0 Å². The first kappa shape index (κ1) is 23.5. The Morgan fingerprint density at radius 1 is 0.714 bits per heavy atom. The molecule has 0 nitrogen and oxygen atoms in total. The first-order chi connectivity index (χ1) is 13.0. The summed E-state index contributed by atoms with van der Waals surface area (Å²) in [5, 5.41) is 0. The molecular weight excluding hydrogens is 391 g/mol. The Kier molecular flexibility index (Phi) is 7.49. The molecule has 0 aromatic heterocycles. The van der Waals surface area contributed by atoms with Crippen LogP contribution in [0.5, 0.6) is 0 Å². The first-order valence-corrected chi connectivity index (χ1v) is 12.8. The van der Waals surface area contributed by atoms with E-state index in [1.807, 2.05) is 0 Å². The molecule has 2 rings (SSSR count). The van der Waals surface area contributed by atoms with Crippen LogP contribution in [0.4, 0.5) is 19.4 Å². The fourth-order valence-corrected chi connectivity index (χ4v) is 4.96. The third-order valence-corrected chi connectivity index (χ3v) is 7.31. The Morgan fingerprint density at radius 3 is 1.75 bits per heavy atom. The van der Waals surface area contributed by atoms with Gasteiger partial charge in [-0.3, -0.25) is 0 Å². The number of hydrogen-bond acceptors (Lipinski definition) is 0. The van der Waals surface area contributed by atoms with Crippen molar-refractivity contribution >= 4 is 10.2 Å². The van der Waals surface area contributed by atoms with E-state index < -0.39 is 15.1 Å². The van der Waals surface area contributed by atoms with Gasteiger partial charge in [-0.25, -0.2) is 0 Å². The zero-order valence-corrected chi connectivity index (χ0v) is 17.8. The van der Waals surface area contributed by atoms with E-state index in [2.05, 4.69) is 6.92 Å². The van der Waals surface area contributed by atoms with Crippen molar-refractivity contribution in [3.63, 3.8) is 0 Å². The second-order valence-corrected chi connectivity index (χ2v) is 11.0. The van der Waals surface area contributed by atoms with Crippen LogP contribution in [-0.2, 0) is 6.42 Å². The van der Waals surface area contributed by atoms with Crippen molar-refractivity contribution in [1.29, 1.82) is 0 Å². The van der Waals surface area contributed by atoms with Gasteiger partial charge in [0.15, 0.2) is 0 Å². The third kappa shape index (κ3) is 8.30. The Morgan fingerprint density at radius 2 is 1.21 bits per heavy atom. The van der Waals surface area contributed by atoms with E-state index in [1.54, 1.807) is 0 Å². The second kappa shape index (κ2) is 8.93. The highest BCUT2D eigenvalue weighted by molar-refractivity contribution is 8.45. The van der Waals surface area contributed by atoms with Crippen molar-refractivity contribution in [2.75, 3.05) is 0 Å². The summed E-state index contributed by atoms with van der Waals surface area (Å²) in [5.41, 5.74) is 0.708. The molecule has 6 heteroatoms. The van der Waals surface area contributed by atoms with Crippen LogP contribution >= 0.6 is 10.2 Å². The molecule has 0 saturated heterocycles. The smallest absolute Gasteiger partial charge is 0.0936 e. The normalized spacial score (nSPS) is 23.2. The quantitative estimate of drug-likeness (QED) is 0.244. The van der Waals surface area contributed by atoms with Gasteiger partial charge in [0, 0.05) is 0 Å². The van der Waals surface area contributed by atoms with E-state index in [9.17, 15) is 19.4 Å². The predicted molar refractivity (Wildman–Crippen MR) is 110 cm³/mol. The molecule has 28 heavy (non-hydrogen) atoms. The SMILES string of the molecule is CCCCCCCC[C@H]1CC[C@H](CCc2ccc(S(F)(F)(F)(F)F)cc2)CC1. The summed E-state index contributed by atoms with van der Waals surface area (Å²) in [6.45, 7) is 2.23. The lowest BCUT2D eigenvalue weighted by atomic mass is 9.78. The van der Waals surface area contributed by atoms with Gasteiger partial charge in [0.05, 0.1) is 0 Å². The van der Waals surface area contributed by atoms with Gasteiger partial charge < -0.3 is 0 Å². The van der Waals surface area contributed by atoms with Crippen LogP contribution in [0.2, 0.25) is 0 Å². The summed E-state index contributed by atoms with van der Waals surface area (Å²) >= 11 is 0. The van der Waals surface area contributed by atoms with Gasteiger partial charge in [0.2, 0.25) is 0 Å². The number of benzene rings is 1. The van der Waals surface area contributed by atoms with E-state index >= 15 is 0 Å². The molecule has 1 fully saturated rings. The van der Waals surface area contributed by atoms with Gasteiger partial charge in [0.1, 0.15) is 4.90 Å². The molecule has 0 bridgehead atoms. The molecular formula is C22H35F5S. The lowest BCUT2D eigenvalue weighted by molar-refractivity contribution is 0.248. The van der Waals surface area contributed by atoms with Crippen molar-refractivity contribution in [2.24, 2.45) is 11.8 Å². The summed E-state index contributed by atoms with van der Waals surface area (Å²) in [6, 6.07) is 3.48. The molecule has 0 spiro atoms. The van der Waals surface area contributed by atoms with Crippen molar-refractivity contribution in [3.8, 4) is 0 Å². The summed E-state index contributed by atoms with van der Waals surface area (Å²) < 4.78 is 63.8. The molecule has 0 atom stereocenters. The molecule has 1 aromatic rings. The second-order valence-electron chi connectivity index (χ2n) is 8.59. The highest BCUT2D eigenvalue weighted by Gasteiger charge is 2.65. The molecule has 0 unspecified atom stereocenters. The van der Waals surface area contributed by atoms with Crippen LogP contribution in [0.15, 0.2) is 29.2 Å². The van der Waals surface area contributed by atoms with Gasteiger partial charge in [-0.1, -0.05) is 109 Å². The first-order valence-electron chi connectivity index (χ1n) is 10.8. The summed E-state index contributed by atoms with van der Waals surface area (Å²) in [7, 11) is -9.55. The Labute approximate surface area is 167 Å². The van der Waals surface area contributed by atoms with Crippen LogP contribution < -0.4 is 0 Å². The van der Waals surface area contributed by atoms with Crippen LogP contribution in [-0.4, -0.2) is 0 Å². The lowest BCUT2D eigenvalue weighted by Crippen LogP contribution is -2.15. The maximum absolute atomic E-state index is 12.8. The van der Waals surface area contributed by atoms with Crippen molar-refractivity contribution in [2.45, 2.75) is 95.3 Å². The third-order valence-electron chi connectivity index (χ3n) is 6.14. The van der Waals surface area contributed by atoms with Crippen LogP contribution in [0.3, 0.4) is 0 Å². The summed E-state index contributed by atoms with van der Waals surface area (Å²) in [5.74, 6) is 1.44. The fraction of sp³-hybridized carbons (Fsp3) is 0.727. The van der Waals surface area contributed by atoms with Crippen LogP contribution in [0.1, 0.15) is 89.5 Å².